The highest BCUT2D eigenvalue weighted by Crippen LogP contribution is 2.39. The van der Waals surface area contributed by atoms with Crippen LogP contribution in [0.1, 0.15) is 61.7 Å². The molecule has 1 heterocycles. The summed E-state index contributed by atoms with van der Waals surface area (Å²) in [5.74, 6) is -2.36. The molecule has 1 aliphatic carbocycles. The van der Waals surface area contributed by atoms with Gasteiger partial charge in [-0.05, 0) is 25.3 Å². The Bertz CT molecular complexity index is 708. The molecule has 0 unspecified atom stereocenters. The fourth-order valence-electron chi connectivity index (χ4n) is 3.01. The molecule has 0 radical (unpaired) electrons. The normalized spacial score (nSPS) is 18.7. The average molecular weight is 349 g/mol. The molecule has 1 aromatic carbocycles. The van der Waals surface area contributed by atoms with E-state index < -0.39 is 5.92 Å². The van der Waals surface area contributed by atoms with E-state index in [0.29, 0.717) is 24.6 Å². The summed E-state index contributed by atoms with van der Waals surface area (Å²) >= 11 is 0. The molecule has 5 nitrogen and oxygen atoms in total. The minimum absolute atomic E-state index is 0.101. The van der Waals surface area contributed by atoms with Crippen LogP contribution in [-0.2, 0) is 11.3 Å². The lowest BCUT2D eigenvalue weighted by Crippen LogP contribution is -2.27. The van der Waals surface area contributed by atoms with E-state index in [9.17, 15) is 13.6 Å². The largest absolute Gasteiger partial charge is 0.346 e. The second-order valence-electron chi connectivity index (χ2n) is 6.53. The maximum absolute atomic E-state index is 13.2. The molecule has 1 N–H and O–H groups in total. The van der Waals surface area contributed by atoms with Gasteiger partial charge >= 0.3 is 0 Å². The van der Waals surface area contributed by atoms with Gasteiger partial charge in [-0.1, -0.05) is 35.5 Å². The van der Waals surface area contributed by atoms with Crippen LogP contribution in [0.25, 0.3) is 0 Å². The Labute approximate surface area is 144 Å². The molecule has 2 aromatic rings. The maximum Gasteiger partial charge on any atom is 0.248 e. The van der Waals surface area contributed by atoms with E-state index in [-0.39, 0.29) is 37.1 Å². The third-order valence-electron chi connectivity index (χ3n) is 4.67. The molecule has 0 saturated heterocycles. The molecule has 1 aliphatic rings. The third-order valence-corrected chi connectivity index (χ3v) is 4.67. The number of hydrogen-bond donors (Lipinski definition) is 1. The summed E-state index contributed by atoms with van der Waals surface area (Å²) in [5.41, 5.74) is 0.925. The predicted molar refractivity (Wildman–Crippen MR) is 87.2 cm³/mol. The summed E-state index contributed by atoms with van der Waals surface area (Å²) in [4.78, 5) is 16.5. The lowest BCUT2D eigenvalue weighted by atomic mass is 9.86. The first kappa shape index (κ1) is 17.5. The molecular formula is C18H21F2N3O2. The molecule has 0 bridgehead atoms. The lowest BCUT2D eigenvalue weighted by molar-refractivity contribution is -0.122. The van der Waals surface area contributed by atoms with Gasteiger partial charge in [-0.15, -0.1) is 0 Å². The van der Waals surface area contributed by atoms with Gasteiger partial charge in [0.15, 0.2) is 5.82 Å². The first-order valence-corrected chi connectivity index (χ1v) is 8.47. The van der Waals surface area contributed by atoms with E-state index in [0.717, 1.165) is 5.56 Å². The van der Waals surface area contributed by atoms with Crippen molar-refractivity contribution < 1.29 is 18.1 Å². The molecule has 0 spiro atoms. The summed E-state index contributed by atoms with van der Waals surface area (Å²) in [6.07, 6.45) is 0.409. The summed E-state index contributed by atoms with van der Waals surface area (Å²) in [7, 11) is 0. The Morgan fingerprint density at radius 2 is 2.00 bits per heavy atom. The van der Waals surface area contributed by atoms with Crippen LogP contribution < -0.4 is 5.32 Å². The van der Waals surface area contributed by atoms with Gasteiger partial charge in [-0.3, -0.25) is 4.79 Å². The fraction of sp³-hybridized carbons (Fsp3) is 0.500. The Balaban J connectivity index is 1.53. The van der Waals surface area contributed by atoms with E-state index in [1.165, 1.54) is 0 Å². The van der Waals surface area contributed by atoms with Gasteiger partial charge in [0.25, 0.3) is 0 Å². The van der Waals surface area contributed by atoms with Gasteiger partial charge in [0.05, 0.1) is 12.5 Å². The number of aromatic nitrogens is 2. The SMILES string of the molecule is C[C@@H](C(=O)NCc1nc(C2CCC(F)(F)CC2)no1)c1ccccc1. The number of nitrogens with one attached hydrogen (secondary N) is 1. The van der Waals surface area contributed by atoms with E-state index in [4.69, 9.17) is 4.52 Å². The van der Waals surface area contributed by atoms with Crippen molar-refractivity contribution in [3.8, 4) is 0 Å². The first-order valence-electron chi connectivity index (χ1n) is 8.47. The van der Waals surface area contributed by atoms with Gasteiger partial charge in [0.1, 0.15) is 0 Å². The minimum Gasteiger partial charge on any atom is -0.346 e. The number of carbonyl (C=O) groups excluding carboxylic acids is 1. The van der Waals surface area contributed by atoms with Crippen LogP contribution in [0.2, 0.25) is 0 Å². The van der Waals surface area contributed by atoms with E-state index in [2.05, 4.69) is 15.5 Å². The Morgan fingerprint density at radius 1 is 1.32 bits per heavy atom. The predicted octanol–water partition coefficient (Wildman–Crippen LogP) is 3.78. The Hall–Kier alpha value is -2.31. The van der Waals surface area contributed by atoms with Crippen molar-refractivity contribution >= 4 is 5.91 Å². The van der Waals surface area contributed by atoms with Gasteiger partial charge in [-0.25, -0.2) is 8.78 Å². The Morgan fingerprint density at radius 3 is 2.68 bits per heavy atom. The topological polar surface area (TPSA) is 68.0 Å². The molecule has 1 saturated carbocycles. The molecule has 1 aromatic heterocycles. The average Bonchev–Trinajstić information content (AvgIpc) is 3.08. The lowest BCUT2D eigenvalue weighted by Gasteiger charge is -2.26. The third kappa shape index (κ3) is 4.41. The molecule has 3 rings (SSSR count). The summed E-state index contributed by atoms with van der Waals surface area (Å²) in [5, 5.41) is 6.66. The number of hydrogen-bond acceptors (Lipinski definition) is 4. The van der Waals surface area contributed by atoms with Gasteiger partial charge in [0, 0.05) is 18.8 Å². The first-order chi connectivity index (χ1) is 11.9. The van der Waals surface area contributed by atoms with Crippen LogP contribution in [0, 0.1) is 0 Å². The number of amides is 1. The van der Waals surface area contributed by atoms with E-state index in [1.54, 1.807) is 0 Å². The van der Waals surface area contributed by atoms with E-state index >= 15 is 0 Å². The zero-order chi connectivity index (χ0) is 17.9. The standard InChI is InChI=1S/C18H21F2N3O2/c1-12(13-5-3-2-4-6-13)17(24)21-11-15-22-16(23-25-15)14-7-9-18(19,20)10-8-14/h2-6,12,14H,7-11H2,1H3,(H,21,24)/t12-/m1/s1. The zero-order valence-corrected chi connectivity index (χ0v) is 14.0. The van der Waals surface area contributed by atoms with Crippen LogP contribution in [0.15, 0.2) is 34.9 Å². The number of carbonyl (C=O) groups is 1. The number of alkyl halides is 2. The van der Waals surface area contributed by atoms with Crippen molar-refractivity contribution in [1.29, 1.82) is 0 Å². The molecule has 1 fully saturated rings. The molecule has 7 heteroatoms. The monoisotopic (exact) mass is 349 g/mol. The summed E-state index contributed by atoms with van der Waals surface area (Å²) < 4.78 is 31.6. The zero-order valence-electron chi connectivity index (χ0n) is 14.0. The van der Waals surface area contributed by atoms with Crippen LogP contribution in [0.5, 0.6) is 0 Å². The molecule has 134 valence electrons. The number of benzene rings is 1. The number of rotatable bonds is 5. The fourth-order valence-corrected chi connectivity index (χ4v) is 3.01. The summed E-state index contributed by atoms with van der Waals surface area (Å²) in [6.45, 7) is 1.96. The van der Waals surface area contributed by atoms with Crippen molar-refractivity contribution in [1.82, 2.24) is 15.5 Å². The number of nitrogens with zero attached hydrogens (tertiary/aromatic N) is 2. The van der Waals surface area contributed by atoms with Crippen LogP contribution in [0.4, 0.5) is 8.78 Å². The van der Waals surface area contributed by atoms with Crippen molar-refractivity contribution in [3.63, 3.8) is 0 Å². The number of halogens is 2. The summed E-state index contributed by atoms with van der Waals surface area (Å²) in [6, 6.07) is 9.46. The Kier molecular flexibility index (Phi) is 5.11. The molecule has 25 heavy (non-hydrogen) atoms. The minimum atomic E-state index is -2.58. The highest BCUT2D eigenvalue weighted by atomic mass is 19.3. The highest BCUT2D eigenvalue weighted by Gasteiger charge is 2.36. The van der Waals surface area contributed by atoms with Crippen molar-refractivity contribution in [2.75, 3.05) is 0 Å². The molecule has 1 amide bonds. The second kappa shape index (κ2) is 7.29. The van der Waals surface area contributed by atoms with Gasteiger partial charge < -0.3 is 9.84 Å². The van der Waals surface area contributed by atoms with Crippen LogP contribution in [-0.4, -0.2) is 22.0 Å². The quantitative estimate of drug-likeness (QED) is 0.892. The van der Waals surface area contributed by atoms with Crippen LogP contribution >= 0.6 is 0 Å². The van der Waals surface area contributed by atoms with Crippen LogP contribution in [0.3, 0.4) is 0 Å². The maximum atomic E-state index is 13.2. The van der Waals surface area contributed by atoms with Crippen molar-refractivity contribution in [2.24, 2.45) is 0 Å². The van der Waals surface area contributed by atoms with Gasteiger partial charge in [0.2, 0.25) is 17.7 Å². The van der Waals surface area contributed by atoms with Crippen molar-refractivity contribution in [3.05, 3.63) is 47.6 Å². The highest BCUT2D eigenvalue weighted by molar-refractivity contribution is 5.83. The molecule has 1 atom stereocenters. The van der Waals surface area contributed by atoms with E-state index in [1.807, 2.05) is 37.3 Å². The van der Waals surface area contributed by atoms with Crippen molar-refractivity contribution in [2.45, 2.75) is 56.9 Å². The molecule has 0 aliphatic heterocycles. The smallest absolute Gasteiger partial charge is 0.248 e. The second-order valence-corrected chi connectivity index (χ2v) is 6.53. The molecular weight excluding hydrogens is 328 g/mol. The van der Waals surface area contributed by atoms with Gasteiger partial charge in [-0.2, -0.15) is 4.98 Å².